The van der Waals surface area contributed by atoms with Crippen molar-refractivity contribution in [1.29, 1.82) is 0 Å². The van der Waals surface area contributed by atoms with Crippen molar-refractivity contribution in [2.45, 2.75) is 24.7 Å². The first-order valence-electron chi connectivity index (χ1n) is 22.2. The molecule has 0 amide bonds. The second-order valence-electron chi connectivity index (χ2n) is 17.9. The van der Waals surface area contributed by atoms with Crippen molar-refractivity contribution in [2.75, 3.05) is 0 Å². The Labute approximate surface area is 372 Å². The van der Waals surface area contributed by atoms with E-state index < -0.39 is 5.41 Å². The zero-order valence-corrected chi connectivity index (χ0v) is 35.5. The standard InChI is InChI=1S/C61H41N3/c1-60(2)52-24-12-14-26-54(52)61(55-27-15-13-25-53(55)60)51-23-11-10-22-48(51)49-35-32-41(37-56(49)61)38-28-30-40(31-29-38)58-62-57(39-16-4-3-5-17-39)63-59(64-58)42-33-34-47-45-20-7-6-18-43(45)44-19-8-9-21-46(44)50(47)36-42/h3-37H,1-2H3. The van der Waals surface area contributed by atoms with Gasteiger partial charge in [-0.05, 0) is 100 Å². The van der Waals surface area contributed by atoms with Gasteiger partial charge in [-0.25, -0.2) is 15.0 Å². The highest BCUT2D eigenvalue weighted by molar-refractivity contribution is 6.25. The first-order valence-corrected chi connectivity index (χ1v) is 22.2. The van der Waals surface area contributed by atoms with Crippen LogP contribution in [0.1, 0.15) is 47.2 Å². The molecular weight excluding hydrogens is 775 g/mol. The molecule has 10 aromatic carbocycles. The first-order chi connectivity index (χ1) is 31.5. The minimum atomic E-state index is -0.443. The first kappa shape index (κ1) is 36.6. The fourth-order valence-electron chi connectivity index (χ4n) is 11.2. The normalized spacial score (nSPS) is 14.0. The number of rotatable bonds is 4. The molecule has 0 aliphatic heterocycles. The quantitative estimate of drug-likeness (QED) is 0.166. The Bertz CT molecular complexity index is 3610. The van der Waals surface area contributed by atoms with Crippen LogP contribution >= 0.6 is 0 Å². The number of hydrogen-bond donors (Lipinski definition) is 0. The number of benzene rings is 10. The maximum Gasteiger partial charge on any atom is 0.164 e. The van der Waals surface area contributed by atoms with Crippen LogP contribution in [-0.2, 0) is 10.8 Å². The third-order valence-electron chi connectivity index (χ3n) is 14.2. The Kier molecular flexibility index (Phi) is 7.87. The fourth-order valence-corrected chi connectivity index (χ4v) is 11.2. The highest BCUT2D eigenvalue weighted by Gasteiger charge is 2.53. The molecule has 0 saturated carbocycles. The lowest BCUT2D eigenvalue weighted by Gasteiger charge is -2.46. The van der Waals surface area contributed by atoms with E-state index in [-0.39, 0.29) is 5.41 Å². The van der Waals surface area contributed by atoms with Crippen molar-refractivity contribution >= 4 is 32.3 Å². The molecule has 11 aromatic rings. The van der Waals surface area contributed by atoms with E-state index in [1.807, 2.05) is 18.2 Å². The van der Waals surface area contributed by atoms with E-state index in [0.717, 1.165) is 22.3 Å². The summed E-state index contributed by atoms with van der Waals surface area (Å²) in [5, 5.41) is 7.35. The van der Waals surface area contributed by atoms with Crippen molar-refractivity contribution in [3.8, 4) is 56.4 Å². The van der Waals surface area contributed by atoms with Gasteiger partial charge >= 0.3 is 0 Å². The molecule has 0 fully saturated rings. The maximum absolute atomic E-state index is 5.21. The number of aromatic nitrogens is 3. The van der Waals surface area contributed by atoms with E-state index in [1.54, 1.807) is 0 Å². The summed E-state index contributed by atoms with van der Waals surface area (Å²) in [5.74, 6) is 1.93. The predicted octanol–water partition coefficient (Wildman–Crippen LogP) is 15.0. The molecule has 2 aliphatic rings. The summed E-state index contributed by atoms with van der Waals surface area (Å²) in [5.41, 5.74) is 15.3. The molecule has 1 heterocycles. The third-order valence-corrected chi connectivity index (χ3v) is 14.2. The molecule has 1 spiro atoms. The van der Waals surface area contributed by atoms with Gasteiger partial charge in [-0.2, -0.15) is 0 Å². The summed E-state index contributed by atoms with van der Waals surface area (Å²) >= 11 is 0. The van der Waals surface area contributed by atoms with Gasteiger partial charge in [-0.3, -0.25) is 0 Å². The van der Waals surface area contributed by atoms with Gasteiger partial charge in [0.05, 0.1) is 5.41 Å². The van der Waals surface area contributed by atoms with Crippen LogP contribution in [-0.4, -0.2) is 15.0 Å². The highest BCUT2D eigenvalue weighted by Crippen LogP contribution is 2.62. The van der Waals surface area contributed by atoms with E-state index in [0.29, 0.717) is 17.5 Å². The van der Waals surface area contributed by atoms with Gasteiger partial charge in [-0.1, -0.05) is 214 Å². The van der Waals surface area contributed by atoms with Crippen LogP contribution < -0.4 is 0 Å². The van der Waals surface area contributed by atoms with Crippen molar-refractivity contribution in [1.82, 2.24) is 15.0 Å². The lowest BCUT2D eigenvalue weighted by Crippen LogP contribution is -2.40. The van der Waals surface area contributed by atoms with E-state index in [1.165, 1.54) is 82.4 Å². The number of hydrogen-bond acceptors (Lipinski definition) is 3. The maximum atomic E-state index is 5.21. The second-order valence-corrected chi connectivity index (χ2v) is 17.9. The largest absolute Gasteiger partial charge is 0.208 e. The molecule has 3 nitrogen and oxygen atoms in total. The minimum absolute atomic E-state index is 0.142. The molecular formula is C61H41N3. The molecule has 13 rings (SSSR count). The molecule has 300 valence electrons. The van der Waals surface area contributed by atoms with Crippen LogP contribution in [0.4, 0.5) is 0 Å². The highest BCUT2D eigenvalue weighted by atomic mass is 15.0. The molecule has 0 atom stereocenters. The van der Waals surface area contributed by atoms with Crippen LogP contribution in [0.15, 0.2) is 212 Å². The Morgan fingerprint density at radius 1 is 0.266 bits per heavy atom. The molecule has 1 aromatic heterocycles. The summed E-state index contributed by atoms with van der Waals surface area (Å²) < 4.78 is 0. The average Bonchev–Trinajstić information content (AvgIpc) is 3.66. The fraction of sp³-hybridized carbons (Fsp3) is 0.0656. The zero-order chi connectivity index (χ0) is 42.6. The van der Waals surface area contributed by atoms with Crippen LogP contribution in [0, 0.1) is 0 Å². The summed E-state index contributed by atoms with van der Waals surface area (Å²) in [7, 11) is 0. The Hall–Kier alpha value is -8.01. The monoisotopic (exact) mass is 815 g/mol. The second kappa shape index (κ2) is 13.7. The van der Waals surface area contributed by atoms with Crippen molar-refractivity contribution in [3.63, 3.8) is 0 Å². The van der Waals surface area contributed by atoms with Gasteiger partial charge < -0.3 is 0 Å². The third kappa shape index (κ3) is 5.19. The molecule has 2 aliphatic carbocycles. The van der Waals surface area contributed by atoms with Crippen LogP contribution in [0.5, 0.6) is 0 Å². The lowest BCUT2D eigenvalue weighted by molar-refractivity contribution is 0.563. The van der Waals surface area contributed by atoms with E-state index in [9.17, 15) is 0 Å². The minimum Gasteiger partial charge on any atom is -0.208 e. The van der Waals surface area contributed by atoms with E-state index >= 15 is 0 Å². The topological polar surface area (TPSA) is 38.7 Å². The Balaban J connectivity index is 0.948. The summed E-state index contributed by atoms with van der Waals surface area (Å²) in [6, 6.07) is 77.4. The molecule has 3 heteroatoms. The van der Waals surface area contributed by atoms with E-state index in [4.69, 9.17) is 15.0 Å². The van der Waals surface area contributed by atoms with Crippen LogP contribution in [0.25, 0.3) is 88.7 Å². The summed E-state index contributed by atoms with van der Waals surface area (Å²) in [4.78, 5) is 15.4. The number of fused-ring (bicyclic) bond motifs is 15. The zero-order valence-electron chi connectivity index (χ0n) is 35.5. The van der Waals surface area contributed by atoms with Gasteiger partial charge in [0.15, 0.2) is 17.5 Å². The van der Waals surface area contributed by atoms with Gasteiger partial charge in [-0.15, -0.1) is 0 Å². The van der Waals surface area contributed by atoms with E-state index in [2.05, 4.69) is 208 Å². The smallest absolute Gasteiger partial charge is 0.164 e. The predicted molar refractivity (Wildman–Crippen MR) is 264 cm³/mol. The molecule has 0 unspecified atom stereocenters. The van der Waals surface area contributed by atoms with Crippen molar-refractivity contribution in [2.24, 2.45) is 0 Å². The summed E-state index contributed by atoms with van der Waals surface area (Å²) in [6.45, 7) is 4.75. The van der Waals surface area contributed by atoms with Crippen LogP contribution in [0.3, 0.4) is 0 Å². The van der Waals surface area contributed by atoms with Crippen molar-refractivity contribution < 1.29 is 0 Å². The van der Waals surface area contributed by atoms with Gasteiger partial charge in [0, 0.05) is 22.1 Å². The van der Waals surface area contributed by atoms with Crippen LogP contribution in [0.2, 0.25) is 0 Å². The van der Waals surface area contributed by atoms with Crippen molar-refractivity contribution in [3.05, 3.63) is 246 Å². The SMILES string of the molecule is CC1(C)c2ccccc2C2(c3ccccc3-c3ccc(-c4ccc(-c5nc(-c6ccccc6)nc(-c6ccc7c8ccccc8c8ccccc8c7c6)n5)cc4)cc32)c2ccccc21. The number of nitrogens with zero attached hydrogens (tertiary/aromatic N) is 3. The molecule has 0 saturated heterocycles. The Morgan fingerprint density at radius 2 is 0.672 bits per heavy atom. The lowest BCUT2D eigenvalue weighted by atomic mass is 9.55. The molecule has 0 bridgehead atoms. The molecule has 64 heavy (non-hydrogen) atoms. The van der Waals surface area contributed by atoms with Gasteiger partial charge in [0.25, 0.3) is 0 Å². The molecule has 0 N–H and O–H groups in total. The molecule has 0 radical (unpaired) electrons. The Morgan fingerprint density at radius 3 is 1.28 bits per heavy atom. The average molecular weight is 816 g/mol. The van der Waals surface area contributed by atoms with Gasteiger partial charge in [0.1, 0.15) is 0 Å². The van der Waals surface area contributed by atoms with Gasteiger partial charge in [0.2, 0.25) is 0 Å². The summed E-state index contributed by atoms with van der Waals surface area (Å²) in [6.07, 6.45) is 0.